The van der Waals surface area contributed by atoms with Crippen molar-refractivity contribution >= 4 is 17.8 Å². The standard InChI is InChI=1S/C23H24F3N3O3/c1-21(2,3)17-11-9-16(10-12-17)18(30)27-22(23(24,25)26)19(31)29(20(32)28-22)14-13-15-7-5-4-6-8-15/h4-12H,13-14H2,1-3H3,(H,27,30)(H,28,32)/t22-/m0/s1. The van der Waals surface area contributed by atoms with Gasteiger partial charge in [0.1, 0.15) is 0 Å². The highest BCUT2D eigenvalue weighted by Gasteiger charge is 2.68. The molecule has 4 amide bonds. The molecule has 0 bridgehead atoms. The summed E-state index contributed by atoms with van der Waals surface area (Å²) in [5.74, 6) is -2.69. The van der Waals surface area contributed by atoms with Crippen molar-refractivity contribution in [3.8, 4) is 0 Å². The molecule has 0 saturated carbocycles. The molecule has 1 atom stereocenters. The Kier molecular flexibility index (Phi) is 6.04. The molecule has 0 aromatic heterocycles. The van der Waals surface area contributed by atoms with Crippen molar-refractivity contribution in [1.82, 2.24) is 15.5 Å². The summed E-state index contributed by atoms with van der Waals surface area (Å²) in [6, 6.07) is 13.5. The molecule has 2 aromatic carbocycles. The Morgan fingerprint density at radius 3 is 2.12 bits per heavy atom. The van der Waals surface area contributed by atoms with E-state index in [-0.39, 0.29) is 23.9 Å². The van der Waals surface area contributed by atoms with E-state index in [0.717, 1.165) is 11.1 Å². The van der Waals surface area contributed by atoms with Crippen LogP contribution in [0.1, 0.15) is 42.3 Å². The van der Waals surface area contributed by atoms with Crippen LogP contribution in [0, 0.1) is 0 Å². The number of nitrogens with zero attached hydrogens (tertiary/aromatic N) is 1. The first-order valence-electron chi connectivity index (χ1n) is 10.0. The van der Waals surface area contributed by atoms with Gasteiger partial charge in [-0.2, -0.15) is 13.2 Å². The molecule has 3 rings (SSSR count). The number of halogens is 3. The van der Waals surface area contributed by atoms with Crippen molar-refractivity contribution in [3.05, 3.63) is 71.3 Å². The van der Waals surface area contributed by atoms with Crippen LogP contribution in [0.3, 0.4) is 0 Å². The maximum Gasteiger partial charge on any atom is 0.440 e. The van der Waals surface area contributed by atoms with Gasteiger partial charge in [-0.25, -0.2) is 4.79 Å². The number of carbonyl (C=O) groups is 3. The first kappa shape index (κ1) is 23.3. The molecule has 1 heterocycles. The van der Waals surface area contributed by atoms with E-state index in [1.165, 1.54) is 12.1 Å². The highest BCUT2D eigenvalue weighted by Crippen LogP contribution is 2.34. The Hall–Kier alpha value is -3.36. The summed E-state index contributed by atoms with van der Waals surface area (Å²) in [6.45, 7) is 5.61. The maximum atomic E-state index is 14.0. The van der Waals surface area contributed by atoms with E-state index in [4.69, 9.17) is 0 Å². The first-order valence-corrected chi connectivity index (χ1v) is 10.0. The number of carbonyl (C=O) groups excluding carboxylic acids is 3. The zero-order valence-corrected chi connectivity index (χ0v) is 17.9. The van der Waals surface area contributed by atoms with Crippen molar-refractivity contribution in [2.75, 3.05) is 6.54 Å². The van der Waals surface area contributed by atoms with Crippen LogP contribution in [-0.2, 0) is 16.6 Å². The molecule has 9 heteroatoms. The molecule has 170 valence electrons. The topological polar surface area (TPSA) is 78.5 Å². The molecule has 2 aromatic rings. The van der Waals surface area contributed by atoms with Gasteiger partial charge in [0, 0.05) is 12.1 Å². The summed E-state index contributed by atoms with van der Waals surface area (Å²) < 4.78 is 42.0. The fourth-order valence-electron chi connectivity index (χ4n) is 3.38. The van der Waals surface area contributed by atoms with Crippen LogP contribution in [0.15, 0.2) is 54.6 Å². The molecule has 2 N–H and O–H groups in total. The highest BCUT2D eigenvalue weighted by molar-refractivity contribution is 6.10. The summed E-state index contributed by atoms with van der Waals surface area (Å²) in [6.07, 6.45) is -5.07. The van der Waals surface area contributed by atoms with Gasteiger partial charge in [0.25, 0.3) is 17.5 Å². The summed E-state index contributed by atoms with van der Waals surface area (Å²) in [5, 5.41) is 3.39. The molecule has 6 nitrogen and oxygen atoms in total. The minimum Gasteiger partial charge on any atom is -0.314 e. The molecule has 0 spiro atoms. The Morgan fingerprint density at radius 2 is 1.59 bits per heavy atom. The van der Waals surface area contributed by atoms with Crippen LogP contribution in [0.5, 0.6) is 0 Å². The van der Waals surface area contributed by atoms with Gasteiger partial charge in [0.05, 0.1) is 0 Å². The number of amides is 4. The molecule has 1 aliphatic heterocycles. The first-order chi connectivity index (χ1) is 14.8. The monoisotopic (exact) mass is 447 g/mol. The van der Waals surface area contributed by atoms with Gasteiger partial charge >= 0.3 is 12.2 Å². The van der Waals surface area contributed by atoms with E-state index in [2.05, 4.69) is 0 Å². The van der Waals surface area contributed by atoms with Crippen LogP contribution in [-0.4, -0.2) is 41.1 Å². The second-order valence-corrected chi connectivity index (χ2v) is 8.65. The fraction of sp³-hybridized carbons (Fsp3) is 0.348. The lowest BCUT2D eigenvalue weighted by molar-refractivity contribution is -0.200. The highest BCUT2D eigenvalue weighted by atomic mass is 19.4. The van der Waals surface area contributed by atoms with Crippen molar-refractivity contribution in [3.63, 3.8) is 0 Å². The van der Waals surface area contributed by atoms with Crippen LogP contribution in [0.25, 0.3) is 0 Å². The molecule has 0 radical (unpaired) electrons. The Bertz CT molecular complexity index is 1010. The average molecular weight is 447 g/mol. The number of hydrogen-bond donors (Lipinski definition) is 2. The minimum absolute atomic E-state index is 0.0635. The van der Waals surface area contributed by atoms with Gasteiger partial charge < -0.3 is 5.32 Å². The number of rotatable bonds is 5. The maximum absolute atomic E-state index is 14.0. The fourth-order valence-corrected chi connectivity index (χ4v) is 3.38. The van der Waals surface area contributed by atoms with Crippen molar-refractivity contribution in [2.24, 2.45) is 0 Å². The van der Waals surface area contributed by atoms with Crippen LogP contribution in [0.4, 0.5) is 18.0 Å². The van der Waals surface area contributed by atoms with Crippen LogP contribution < -0.4 is 10.6 Å². The van der Waals surface area contributed by atoms with Gasteiger partial charge in [-0.1, -0.05) is 63.2 Å². The normalized spacial score (nSPS) is 19.1. The van der Waals surface area contributed by atoms with Gasteiger partial charge in [-0.3, -0.25) is 19.8 Å². The van der Waals surface area contributed by atoms with E-state index in [0.29, 0.717) is 4.90 Å². The molecule has 0 unspecified atom stereocenters. The number of alkyl halides is 3. The largest absolute Gasteiger partial charge is 0.440 e. The Balaban J connectivity index is 1.83. The molecule has 32 heavy (non-hydrogen) atoms. The third kappa shape index (κ3) is 4.46. The lowest BCUT2D eigenvalue weighted by atomic mass is 9.86. The smallest absolute Gasteiger partial charge is 0.314 e. The van der Waals surface area contributed by atoms with Crippen molar-refractivity contribution in [1.29, 1.82) is 0 Å². The molecule has 1 fully saturated rings. The summed E-state index contributed by atoms with van der Waals surface area (Å²) in [7, 11) is 0. The van der Waals surface area contributed by atoms with Crippen molar-refractivity contribution in [2.45, 2.75) is 44.4 Å². The third-order valence-corrected chi connectivity index (χ3v) is 5.31. The third-order valence-electron chi connectivity index (χ3n) is 5.31. The molecule has 0 aliphatic carbocycles. The SMILES string of the molecule is CC(C)(C)c1ccc(C(=O)N[C@]2(C(F)(F)F)NC(=O)N(CCc3ccccc3)C2=O)cc1. The Labute approximate surface area is 183 Å². The second kappa shape index (κ2) is 8.29. The van der Waals surface area contributed by atoms with Gasteiger partial charge in [-0.15, -0.1) is 0 Å². The lowest BCUT2D eigenvalue weighted by Crippen LogP contribution is -2.69. The van der Waals surface area contributed by atoms with E-state index in [1.807, 2.05) is 20.8 Å². The van der Waals surface area contributed by atoms with Gasteiger partial charge in [0.15, 0.2) is 0 Å². The summed E-state index contributed by atoms with van der Waals surface area (Å²) >= 11 is 0. The van der Waals surface area contributed by atoms with E-state index < -0.39 is 29.7 Å². The quantitative estimate of drug-likeness (QED) is 0.685. The number of hydrogen-bond acceptors (Lipinski definition) is 3. The zero-order chi connectivity index (χ0) is 23.7. The van der Waals surface area contributed by atoms with E-state index in [9.17, 15) is 27.6 Å². The number of benzene rings is 2. The zero-order valence-electron chi connectivity index (χ0n) is 17.9. The number of nitrogens with one attached hydrogen (secondary N) is 2. The summed E-state index contributed by atoms with van der Waals surface area (Å²) in [4.78, 5) is 38.1. The van der Waals surface area contributed by atoms with E-state index >= 15 is 0 Å². The lowest BCUT2D eigenvalue weighted by Gasteiger charge is -2.30. The van der Waals surface area contributed by atoms with Crippen molar-refractivity contribution < 1.29 is 27.6 Å². The van der Waals surface area contributed by atoms with E-state index in [1.54, 1.807) is 53.1 Å². The second-order valence-electron chi connectivity index (χ2n) is 8.65. The van der Waals surface area contributed by atoms with Gasteiger partial charge in [0.2, 0.25) is 0 Å². The molecular weight excluding hydrogens is 423 g/mol. The molecule has 1 aliphatic rings. The minimum atomic E-state index is -5.25. The number of urea groups is 1. The van der Waals surface area contributed by atoms with Crippen LogP contribution >= 0.6 is 0 Å². The predicted octanol–water partition coefficient (Wildman–Crippen LogP) is 3.77. The van der Waals surface area contributed by atoms with Gasteiger partial charge in [-0.05, 0) is 35.1 Å². The molecular formula is C23H24F3N3O3. The molecule has 1 saturated heterocycles. The number of imide groups is 1. The Morgan fingerprint density at radius 1 is 1.00 bits per heavy atom. The van der Waals surface area contributed by atoms with Crippen LogP contribution in [0.2, 0.25) is 0 Å². The predicted molar refractivity (Wildman–Crippen MR) is 112 cm³/mol. The average Bonchev–Trinajstić information content (AvgIpc) is 2.96. The summed E-state index contributed by atoms with van der Waals surface area (Å²) in [5.41, 5.74) is -2.17.